The third-order valence-corrected chi connectivity index (χ3v) is 10.4. The fourth-order valence-electron chi connectivity index (χ4n) is 7.47. The van der Waals surface area contributed by atoms with Crippen molar-refractivity contribution in [2.24, 2.45) is 5.11 Å². The van der Waals surface area contributed by atoms with Gasteiger partial charge in [-0.25, -0.2) is 0 Å². The van der Waals surface area contributed by atoms with Crippen LogP contribution < -0.4 is 0 Å². The Morgan fingerprint density at radius 1 is 0.786 bits per heavy atom. The molecule has 0 aromatic heterocycles. The van der Waals surface area contributed by atoms with Crippen LogP contribution in [-0.2, 0) is 39.8 Å². The van der Waals surface area contributed by atoms with Gasteiger partial charge in [0.05, 0.1) is 30.9 Å². The number of benzene rings is 3. The van der Waals surface area contributed by atoms with Gasteiger partial charge in [0, 0.05) is 23.6 Å². The highest BCUT2D eigenvalue weighted by Gasteiger charge is 2.57. The molecule has 3 aromatic carbocycles. The highest BCUT2D eigenvalue weighted by atomic mass is 16.8. The highest BCUT2D eigenvalue weighted by Crippen LogP contribution is 2.38. The number of ether oxygens (including phenoxy) is 7. The van der Waals surface area contributed by atoms with E-state index in [0.717, 1.165) is 28.9 Å². The van der Waals surface area contributed by atoms with Crippen molar-refractivity contribution in [3.63, 3.8) is 0 Å². The molecule has 3 N–H and O–H groups in total. The van der Waals surface area contributed by atoms with Crippen molar-refractivity contribution in [2.75, 3.05) is 26.4 Å². The predicted molar refractivity (Wildman–Crippen MR) is 195 cm³/mol. The third kappa shape index (κ3) is 8.81. The Morgan fingerprint density at radius 3 is 2.18 bits per heavy atom. The van der Waals surface area contributed by atoms with Gasteiger partial charge in [-0.1, -0.05) is 90.8 Å². The number of rotatable bonds is 16. The van der Waals surface area contributed by atoms with Gasteiger partial charge in [0.2, 0.25) is 0 Å². The number of aliphatic hydroxyl groups is 3. The topological polar surface area (TPSA) is 211 Å². The van der Waals surface area contributed by atoms with Crippen molar-refractivity contribution < 1.29 is 58.1 Å². The zero-order chi connectivity index (χ0) is 39.0. The number of aliphatic hydroxyl groups excluding tert-OH is 3. The molecular weight excluding hydrogens is 728 g/mol. The molecule has 0 spiro atoms. The minimum absolute atomic E-state index is 0.000316. The summed E-state index contributed by atoms with van der Waals surface area (Å²) in [7, 11) is 0. The van der Waals surface area contributed by atoms with Crippen LogP contribution in [0, 0.1) is 0 Å². The lowest BCUT2D eigenvalue weighted by molar-refractivity contribution is -0.382. The molecule has 0 bridgehead atoms. The van der Waals surface area contributed by atoms with Gasteiger partial charge in [0.25, 0.3) is 11.8 Å². The summed E-state index contributed by atoms with van der Waals surface area (Å²) in [4.78, 5) is 31.4. The van der Waals surface area contributed by atoms with Gasteiger partial charge in [-0.2, -0.15) is 0 Å². The standard InChI is InChI=1S/C40H46N4O12/c41-43-42-19-11-1-2-12-20-51-39-30(44-36(48)26-17-9-10-18-27(26)37(44)49)31(45)34(28(53-39)22-50-21-24-13-5-3-6-14-24)56-40-33(47)32(46)35-29(54-40)23-52-38(55-35)25-15-7-4-8-16-25/h3-10,13-18,28-35,38-40,45-47H,1-2,11-12,19-23H2/t28-,29-,30-,31-,32-,33-,34-,35+,38?,39-,40+/m1/s1. The van der Waals surface area contributed by atoms with Crippen LogP contribution in [0.5, 0.6) is 0 Å². The number of hydrogen-bond acceptors (Lipinski definition) is 13. The molecule has 16 nitrogen and oxygen atoms in total. The number of imide groups is 1. The van der Waals surface area contributed by atoms with Crippen molar-refractivity contribution >= 4 is 11.8 Å². The van der Waals surface area contributed by atoms with Gasteiger partial charge >= 0.3 is 0 Å². The number of hydrogen-bond donors (Lipinski definition) is 3. The third-order valence-electron chi connectivity index (χ3n) is 10.4. The maximum Gasteiger partial charge on any atom is 0.262 e. The largest absolute Gasteiger partial charge is 0.388 e. The average molecular weight is 775 g/mol. The minimum Gasteiger partial charge on any atom is -0.388 e. The van der Waals surface area contributed by atoms with E-state index in [9.17, 15) is 24.9 Å². The minimum atomic E-state index is -1.64. The number of nitrogens with zero attached hydrogens (tertiary/aromatic N) is 4. The molecular formula is C40H46N4O12. The van der Waals surface area contributed by atoms with Crippen LogP contribution in [0.4, 0.5) is 0 Å². The van der Waals surface area contributed by atoms with Crippen molar-refractivity contribution in [1.29, 1.82) is 0 Å². The molecule has 4 heterocycles. The van der Waals surface area contributed by atoms with Gasteiger partial charge < -0.3 is 48.5 Å². The molecule has 56 heavy (non-hydrogen) atoms. The Bertz CT molecular complexity index is 1780. The van der Waals surface area contributed by atoms with Gasteiger partial charge in [-0.05, 0) is 36.1 Å². The highest BCUT2D eigenvalue weighted by molar-refractivity contribution is 6.21. The summed E-state index contributed by atoms with van der Waals surface area (Å²) in [6, 6.07) is 23.5. The molecule has 0 radical (unpaired) electrons. The Hall–Kier alpha value is -4.29. The second kappa shape index (κ2) is 18.8. The van der Waals surface area contributed by atoms with Gasteiger partial charge in [0.15, 0.2) is 18.9 Å². The molecule has 2 amide bonds. The molecule has 3 fully saturated rings. The zero-order valence-corrected chi connectivity index (χ0v) is 30.6. The van der Waals surface area contributed by atoms with Crippen LogP contribution in [0.15, 0.2) is 90.0 Å². The normalized spacial score (nSPS) is 31.4. The summed E-state index contributed by atoms with van der Waals surface area (Å²) in [5.41, 5.74) is 10.5. The van der Waals surface area contributed by atoms with E-state index < -0.39 is 79.5 Å². The fraction of sp³-hybridized carbons (Fsp3) is 0.500. The van der Waals surface area contributed by atoms with Crippen LogP contribution in [-0.4, -0.2) is 120 Å². The fourth-order valence-corrected chi connectivity index (χ4v) is 7.47. The summed E-state index contributed by atoms with van der Waals surface area (Å²) >= 11 is 0. The number of unbranched alkanes of at least 4 members (excludes halogenated alkanes) is 3. The maximum absolute atomic E-state index is 13.8. The van der Waals surface area contributed by atoms with Crippen LogP contribution in [0.2, 0.25) is 0 Å². The van der Waals surface area contributed by atoms with E-state index in [1.807, 2.05) is 60.7 Å². The van der Waals surface area contributed by atoms with Crippen molar-refractivity contribution in [3.05, 3.63) is 118 Å². The van der Waals surface area contributed by atoms with Gasteiger partial charge in [-0.15, -0.1) is 0 Å². The number of carbonyl (C=O) groups is 2. The first kappa shape index (κ1) is 39.9. The Labute approximate surface area is 323 Å². The summed E-state index contributed by atoms with van der Waals surface area (Å²) in [5, 5.41) is 38.6. The number of fused-ring (bicyclic) bond motifs is 2. The summed E-state index contributed by atoms with van der Waals surface area (Å²) in [6.45, 7) is 0.600. The summed E-state index contributed by atoms with van der Waals surface area (Å²) in [5.74, 6) is -1.28. The summed E-state index contributed by atoms with van der Waals surface area (Å²) < 4.78 is 43.2. The van der Waals surface area contributed by atoms with Crippen LogP contribution in [0.25, 0.3) is 10.4 Å². The second-order valence-electron chi connectivity index (χ2n) is 14.1. The van der Waals surface area contributed by atoms with Gasteiger partial charge in [0.1, 0.15) is 48.8 Å². The Morgan fingerprint density at radius 2 is 1.46 bits per heavy atom. The molecule has 4 aliphatic rings. The van der Waals surface area contributed by atoms with E-state index in [-0.39, 0.29) is 37.6 Å². The molecule has 298 valence electrons. The molecule has 1 unspecified atom stereocenters. The van der Waals surface area contributed by atoms with Gasteiger partial charge in [-0.3, -0.25) is 14.5 Å². The lowest BCUT2D eigenvalue weighted by Gasteiger charge is -2.50. The first-order valence-corrected chi connectivity index (χ1v) is 18.9. The van der Waals surface area contributed by atoms with E-state index in [1.165, 1.54) is 12.1 Å². The molecule has 3 saturated heterocycles. The van der Waals surface area contributed by atoms with E-state index in [4.69, 9.17) is 38.7 Å². The second-order valence-corrected chi connectivity index (χ2v) is 14.1. The average Bonchev–Trinajstić information content (AvgIpc) is 3.47. The lowest BCUT2D eigenvalue weighted by Crippen LogP contribution is -2.68. The van der Waals surface area contributed by atoms with E-state index in [0.29, 0.717) is 19.4 Å². The molecule has 0 saturated carbocycles. The van der Waals surface area contributed by atoms with Crippen LogP contribution >= 0.6 is 0 Å². The molecule has 4 aliphatic heterocycles. The monoisotopic (exact) mass is 774 g/mol. The van der Waals surface area contributed by atoms with Crippen molar-refractivity contribution in [3.8, 4) is 0 Å². The molecule has 3 aromatic rings. The zero-order valence-electron chi connectivity index (χ0n) is 30.6. The maximum atomic E-state index is 13.8. The quantitative estimate of drug-likeness (QED) is 0.0624. The number of carbonyl (C=O) groups excluding carboxylic acids is 2. The number of azide groups is 1. The summed E-state index contributed by atoms with van der Waals surface area (Å²) in [6.07, 6.45) is -9.83. The first-order chi connectivity index (χ1) is 27.4. The first-order valence-electron chi connectivity index (χ1n) is 18.9. The predicted octanol–water partition coefficient (Wildman–Crippen LogP) is 3.79. The van der Waals surface area contributed by atoms with Crippen molar-refractivity contribution in [1.82, 2.24) is 4.90 Å². The molecule has 0 aliphatic carbocycles. The van der Waals surface area contributed by atoms with E-state index in [1.54, 1.807) is 12.1 Å². The van der Waals surface area contributed by atoms with E-state index >= 15 is 0 Å². The number of amides is 2. The van der Waals surface area contributed by atoms with Crippen molar-refractivity contribution in [2.45, 2.75) is 99.9 Å². The smallest absolute Gasteiger partial charge is 0.262 e. The molecule has 16 heteroatoms. The molecule has 7 rings (SSSR count). The SMILES string of the molecule is [N-]=[N+]=NCCCCCCO[C@@H]1O[C@H](COCc2ccccc2)[C@@H](O[C@@H]2O[C@@H]3COC(c4ccccc4)O[C@@H]3[C@H](O)[C@H]2O)[C@H](O)[C@H]1N1C(=O)c2ccccc2C1=O. The Balaban J connectivity index is 1.12. The lowest BCUT2D eigenvalue weighted by atomic mass is 9.94. The van der Waals surface area contributed by atoms with E-state index in [2.05, 4.69) is 10.0 Å². The van der Waals surface area contributed by atoms with Crippen LogP contribution in [0.1, 0.15) is 63.8 Å². The Kier molecular flexibility index (Phi) is 13.4. The molecule has 11 atom stereocenters. The van der Waals surface area contributed by atoms with Crippen LogP contribution in [0.3, 0.4) is 0 Å².